The maximum absolute atomic E-state index is 6.21. The summed E-state index contributed by atoms with van der Waals surface area (Å²) in [5.74, 6) is 1.07. The molecule has 0 radical (unpaired) electrons. The molecule has 0 saturated carbocycles. The van der Waals surface area contributed by atoms with Crippen LogP contribution in [0.5, 0.6) is 5.88 Å². The summed E-state index contributed by atoms with van der Waals surface area (Å²) in [5, 5.41) is 4.45. The number of benzene rings is 1. The zero-order chi connectivity index (χ0) is 15.4. The monoisotopic (exact) mass is 325 g/mol. The minimum Gasteiger partial charge on any atom is -0.478 e. The molecule has 1 unspecified atom stereocenters. The van der Waals surface area contributed by atoms with E-state index in [-0.39, 0.29) is 6.04 Å². The summed E-state index contributed by atoms with van der Waals surface area (Å²) in [4.78, 5) is 8.68. The number of aromatic nitrogens is 2. The zero-order valence-corrected chi connectivity index (χ0v) is 13.7. The summed E-state index contributed by atoms with van der Waals surface area (Å²) in [7, 11) is 0. The molecule has 1 atom stereocenters. The number of anilines is 1. The Hall–Kier alpha value is -1.52. The van der Waals surface area contributed by atoms with Gasteiger partial charge < -0.3 is 10.1 Å². The normalized spacial score (nSPS) is 12.0. The molecule has 1 heterocycles. The van der Waals surface area contributed by atoms with E-state index in [1.165, 1.54) is 0 Å². The molecule has 0 spiro atoms. The van der Waals surface area contributed by atoms with E-state index in [4.69, 9.17) is 27.9 Å². The highest BCUT2D eigenvalue weighted by atomic mass is 35.5. The number of nitrogens with zero attached hydrogens (tertiary/aromatic N) is 2. The highest BCUT2D eigenvalue weighted by Crippen LogP contribution is 2.28. The Kier molecular flexibility index (Phi) is 5.26. The van der Waals surface area contributed by atoms with E-state index in [1.54, 1.807) is 12.1 Å². The minimum absolute atomic E-state index is 0.0500. The van der Waals surface area contributed by atoms with Crippen LogP contribution in [-0.4, -0.2) is 16.6 Å². The lowest BCUT2D eigenvalue weighted by molar-refractivity contribution is 0.326. The number of hydrogen-bond acceptors (Lipinski definition) is 4. The molecule has 6 heteroatoms. The Balaban J connectivity index is 2.20. The van der Waals surface area contributed by atoms with Crippen LogP contribution in [0.4, 0.5) is 5.95 Å². The fourth-order valence-electron chi connectivity index (χ4n) is 1.95. The Morgan fingerprint density at radius 2 is 2.00 bits per heavy atom. The van der Waals surface area contributed by atoms with Crippen LogP contribution in [0.3, 0.4) is 0 Å². The predicted molar refractivity (Wildman–Crippen MR) is 86.4 cm³/mol. The highest BCUT2D eigenvalue weighted by Gasteiger charge is 2.12. The molecule has 0 bridgehead atoms. The first-order valence-corrected chi connectivity index (χ1v) is 7.45. The van der Waals surface area contributed by atoms with Crippen molar-refractivity contribution in [3.63, 3.8) is 0 Å². The molecule has 0 amide bonds. The van der Waals surface area contributed by atoms with Crippen molar-refractivity contribution in [3.05, 3.63) is 45.6 Å². The molecule has 2 aromatic rings. The fourth-order valence-corrected chi connectivity index (χ4v) is 2.52. The van der Waals surface area contributed by atoms with E-state index < -0.39 is 0 Å². The number of hydrogen-bond donors (Lipinski definition) is 1. The Morgan fingerprint density at radius 3 is 2.67 bits per heavy atom. The summed E-state index contributed by atoms with van der Waals surface area (Å²) in [5.41, 5.74) is 1.77. The summed E-state index contributed by atoms with van der Waals surface area (Å²) in [6, 6.07) is 7.17. The lowest BCUT2D eigenvalue weighted by Crippen LogP contribution is -2.11. The number of nitrogens with one attached hydrogen (secondary N) is 1. The predicted octanol–water partition coefficient (Wildman–Crippen LogP) is 4.66. The van der Waals surface area contributed by atoms with Gasteiger partial charge in [-0.3, -0.25) is 0 Å². The van der Waals surface area contributed by atoms with Gasteiger partial charge in [0.25, 0.3) is 0 Å². The molecule has 0 aliphatic rings. The van der Waals surface area contributed by atoms with Crippen LogP contribution in [0.25, 0.3) is 0 Å². The van der Waals surface area contributed by atoms with Crippen molar-refractivity contribution in [3.8, 4) is 5.88 Å². The van der Waals surface area contributed by atoms with Crippen molar-refractivity contribution < 1.29 is 4.74 Å². The van der Waals surface area contributed by atoms with Crippen LogP contribution in [0.2, 0.25) is 10.0 Å². The van der Waals surface area contributed by atoms with Crippen molar-refractivity contribution >= 4 is 29.2 Å². The van der Waals surface area contributed by atoms with Crippen molar-refractivity contribution in [1.29, 1.82) is 0 Å². The van der Waals surface area contributed by atoms with Gasteiger partial charge >= 0.3 is 0 Å². The number of ether oxygens (including phenoxy) is 1. The molecule has 21 heavy (non-hydrogen) atoms. The van der Waals surface area contributed by atoms with Gasteiger partial charge in [-0.2, -0.15) is 4.98 Å². The molecule has 1 N–H and O–H groups in total. The lowest BCUT2D eigenvalue weighted by atomic mass is 10.1. The number of aryl methyl sites for hydroxylation is 1. The van der Waals surface area contributed by atoms with Crippen molar-refractivity contribution in [1.82, 2.24) is 9.97 Å². The van der Waals surface area contributed by atoms with Crippen LogP contribution in [0, 0.1) is 6.92 Å². The summed E-state index contributed by atoms with van der Waals surface area (Å²) in [6.07, 6.45) is 0. The van der Waals surface area contributed by atoms with E-state index in [1.807, 2.05) is 32.9 Å². The van der Waals surface area contributed by atoms with Crippen molar-refractivity contribution in [2.45, 2.75) is 26.8 Å². The Labute approximate surface area is 134 Å². The van der Waals surface area contributed by atoms with E-state index >= 15 is 0 Å². The first-order valence-electron chi connectivity index (χ1n) is 6.69. The Bertz CT molecular complexity index is 634. The van der Waals surface area contributed by atoms with Gasteiger partial charge in [-0.1, -0.05) is 29.3 Å². The summed E-state index contributed by atoms with van der Waals surface area (Å²) >= 11 is 12.1. The van der Waals surface area contributed by atoms with Gasteiger partial charge in [-0.15, -0.1) is 0 Å². The first-order chi connectivity index (χ1) is 9.99. The van der Waals surface area contributed by atoms with E-state index in [9.17, 15) is 0 Å². The third-order valence-corrected chi connectivity index (χ3v) is 3.46. The molecule has 1 aromatic heterocycles. The number of halogens is 2. The third-order valence-electron chi connectivity index (χ3n) is 2.90. The van der Waals surface area contributed by atoms with Crippen LogP contribution in [0.15, 0.2) is 24.3 Å². The molecule has 0 aliphatic carbocycles. The van der Waals surface area contributed by atoms with E-state index in [0.29, 0.717) is 28.5 Å². The lowest BCUT2D eigenvalue weighted by Gasteiger charge is -2.16. The SMILES string of the molecule is CCOc1cc(C)nc(NC(C)c2ccc(Cl)cc2Cl)n1. The molecule has 112 valence electrons. The van der Waals surface area contributed by atoms with Gasteiger partial charge in [0, 0.05) is 21.8 Å². The van der Waals surface area contributed by atoms with Crippen LogP contribution in [0.1, 0.15) is 31.1 Å². The van der Waals surface area contributed by atoms with Gasteiger partial charge in [0.05, 0.1) is 12.6 Å². The van der Waals surface area contributed by atoms with Crippen LogP contribution < -0.4 is 10.1 Å². The average Bonchev–Trinajstić information content (AvgIpc) is 2.37. The molecule has 0 fully saturated rings. The zero-order valence-electron chi connectivity index (χ0n) is 12.2. The van der Waals surface area contributed by atoms with Crippen LogP contribution >= 0.6 is 23.2 Å². The molecule has 2 rings (SSSR count). The molecule has 4 nitrogen and oxygen atoms in total. The van der Waals surface area contributed by atoms with Gasteiger partial charge in [-0.05, 0) is 38.5 Å². The maximum Gasteiger partial charge on any atom is 0.226 e. The summed E-state index contributed by atoms with van der Waals surface area (Å²) < 4.78 is 5.42. The first kappa shape index (κ1) is 15.9. The molecule has 0 saturated heterocycles. The van der Waals surface area contributed by atoms with Gasteiger partial charge in [0.1, 0.15) is 0 Å². The van der Waals surface area contributed by atoms with E-state index in [2.05, 4.69) is 15.3 Å². The van der Waals surface area contributed by atoms with Gasteiger partial charge in [0.2, 0.25) is 11.8 Å². The fraction of sp³-hybridized carbons (Fsp3) is 0.333. The van der Waals surface area contributed by atoms with Crippen molar-refractivity contribution in [2.24, 2.45) is 0 Å². The highest BCUT2D eigenvalue weighted by molar-refractivity contribution is 6.35. The average molecular weight is 326 g/mol. The van der Waals surface area contributed by atoms with Crippen molar-refractivity contribution in [2.75, 3.05) is 11.9 Å². The second-order valence-corrected chi connectivity index (χ2v) is 5.48. The largest absolute Gasteiger partial charge is 0.478 e. The second-order valence-electron chi connectivity index (χ2n) is 4.64. The minimum atomic E-state index is -0.0500. The molecular formula is C15H17Cl2N3O. The molecular weight excluding hydrogens is 309 g/mol. The standard InChI is InChI=1S/C15H17Cl2N3O/c1-4-21-14-7-9(2)18-15(20-14)19-10(3)12-6-5-11(16)8-13(12)17/h5-8,10H,4H2,1-3H3,(H,18,19,20). The maximum atomic E-state index is 6.21. The topological polar surface area (TPSA) is 47.0 Å². The number of rotatable bonds is 5. The third kappa shape index (κ3) is 4.22. The van der Waals surface area contributed by atoms with Gasteiger partial charge in [-0.25, -0.2) is 4.98 Å². The molecule has 0 aliphatic heterocycles. The summed E-state index contributed by atoms with van der Waals surface area (Å²) in [6.45, 7) is 6.37. The smallest absolute Gasteiger partial charge is 0.226 e. The van der Waals surface area contributed by atoms with Gasteiger partial charge in [0.15, 0.2) is 0 Å². The quantitative estimate of drug-likeness (QED) is 0.868. The Morgan fingerprint density at radius 1 is 1.24 bits per heavy atom. The van der Waals surface area contributed by atoms with E-state index in [0.717, 1.165) is 11.3 Å². The second kappa shape index (κ2) is 6.96. The van der Waals surface area contributed by atoms with Crippen LogP contribution in [-0.2, 0) is 0 Å². The molecule has 1 aromatic carbocycles.